The molecule has 3 aliphatic rings. The van der Waals surface area contributed by atoms with Gasteiger partial charge < -0.3 is 30.2 Å². The molecule has 0 amide bonds. The molecule has 4 N–H and O–H groups in total. The Balaban J connectivity index is 1.22. The lowest BCUT2D eigenvalue weighted by Gasteiger charge is -2.30. The predicted molar refractivity (Wildman–Crippen MR) is 200 cm³/mol. The number of nitrogens with zero attached hydrogens (tertiary/aromatic N) is 8. The lowest BCUT2D eigenvalue weighted by Crippen LogP contribution is -2.34. The summed E-state index contributed by atoms with van der Waals surface area (Å²) in [6, 6.07) is -1.09. The van der Waals surface area contributed by atoms with Gasteiger partial charge in [0.1, 0.15) is 54.4 Å². The standard InChI is InChI=1S/C33H45FN10O13P2/c1-32(2,3)30(45)49-15-53-58(47)51-9-17-7-18(43-13-41-23-26(35)37-11-39-28(23)43)22(34)25(17)57-59(48,54-16-50-31(46)33(4,5)6)52-10-20-19(56-58)8-21(55-20)44-14-42-24-27(36)38-12-40-29(24)44/h11-14,17-22,25H,7-10,15-16H2,1-6H3,(H2,35,37,39)(H2,36,38,40)/t17-,18-,19?,20-,21-,22?,25?,58?,59?/m1/s1. The van der Waals surface area contributed by atoms with Crippen LogP contribution < -0.4 is 11.5 Å². The number of imidazole rings is 2. The molecule has 0 aromatic carbocycles. The number of esters is 2. The Bertz CT molecular complexity index is 2300. The van der Waals surface area contributed by atoms with E-state index in [-0.39, 0.29) is 41.2 Å². The molecule has 5 unspecified atom stereocenters. The number of carbonyl (C=O) groups excluding carboxylic acids is 2. The van der Waals surface area contributed by atoms with Crippen LogP contribution in [0.2, 0.25) is 0 Å². The van der Waals surface area contributed by atoms with Crippen LogP contribution in [-0.4, -0.2) is 102 Å². The molecule has 23 nitrogen and oxygen atoms in total. The van der Waals surface area contributed by atoms with Crippen molar-refractivity contribution in [2.45, 2.75) is 91.1 Å². The van der Waals surface area contributed by atoms with E-state index in [1.165, 1.54) is 34.4 Å². The van der Waals surface area contributed by atoms with E-state index in [1.807, 2.05) is 0 Å². The van der Waals surface area contributed by atoms with E-state index >= 15 is 4.39 Å². The van der Waals surface area contributed by atoms with E-state index in [9.17, 15) is 18.7 Å². The molecule has 0 bridgehead atoms. The maximum atomic E-state index is 16.9. The third-order valence-electron chi connectivity index (χ3n) is 9.70. The van der Waals surface area contributed by atoms with Crippen molar-refractivity contribution in [2.75, 3.05) is 38.3 Å². The number of fused-ring (bicyclic) bond motifs is 4. The normalized spacial score (nSPS) is 30.7. The minimum atomic E-state index is -4.88. The average Bonchev–Trinajstić information content (AvgIpc) is 3.95. The van der Waals surface area contributed by atoms with Gasteiger partial charge in [-0.3, -0.25) is 32.3 Å². The zero-order valence-electron chi connectivity index (χ0n) is 32.9. The Kier molecular flexibility index (Phi) is 11.9. The average molecular weight is 871 g/mol. The SMILES string of the molecule is CC(C)(C)C(=O)OCOP1(=O)OC[C@H]2O[C@@H](n3cnc4c(N)ncnc43)CC2OP(=O)(OCOC(=O)C(C)(C)C)OC[C@H]2C[C@@H](n3cnc4c(N)ncnc43)C(F)C2O1. The van der Waals surface area contributed by atoms with Crippen molar-refractivity contribution in [3.8, 4) is 0 Å². The van der Waals surface area contributed by atoms with Crippen LogP contribution in [0.5, 0.6) is 0 Å². The molecule has 3 fully saturated rings. The van der Waals surface area contributed by atoms with Crippen molar-refractivity contribution in [2.24, 2.45) is 16.7 Å². The smallest absolute Gasteiger partial charge is 0.437 e. The summed E-state index contributed by atoms with van der Waals surface area (Å²) in [5, 5.41) is 0. The second-order valence-corrected chi connectivity index (χ2v) is 19.3. The third-order valence-corrected chi connectivity index (χ3v) is 12.5. The van der Waals surface area contributed by atoms with E-state index in [1.54, 1.807) is 41.5 Å². The molecule has 26 heteroatoms. The minimum absolute atomic E-state index is 0.0559. The number of nitrogens with two attached hydrogens (primary N) is 2. The highest BCUT2D eigenvalue weighted by atomic mass is 31.2. The quantitative estimate of drug-likeness (QED) is 0.143. The summed E-state index contributed by atoms with van der Waals surface area (Å²) in [4.78, 5) is 50.1. The molecule has 1 saturated carbocycles. The van der Waals surface area contributed by atoms with Gasteiger partial charge in [-0.2, -0.15) is 0 Å². The van der Waals surface area contributed by atoms with Gasteiger partial charge in [0.2, 0.25) is 13.6 Å². The number of phosphoric acid groups is 2. The van der Waals surface area contributed by atoms with Crippen LogP contribution in [0.3, 0.4) is 0 Å². The van der Waals surface area contributed by atoms with E-state index < -0.39 is 108 Å². The zero-order valence-corrected chi connectivity index (χ0v) is 34.7. The fraction of sp³-hybridized carbons (Fsp3) is 0.636. The number of hydrogen-bond donors (Lipinski definition) is 2. The molecule has 7 rings (SSSR count). The van der Waals surface area contributed by atoms with Crippen LogP contribution in [0, 0.1) is 16.7 Å². The van der Waals surface area contributed by atoms with Gasteiger partial charge in [-0.05, 0) is 48.0 Å². The molecule has 2 saturated heterocycles. The number of rotatable bonds is 8. The molecule has 0 radical (unpaired) electrons. The number of aromatic nitrogens is 8. The van der Waals surface area contributed by atoms with Crippen molar-refractivity contribution in [1.82, 2.24) is 39.0 Å². The molecule has 4 aromatic heterocycles. The summed E-state index contributed by atoms with van der Waals surface area (Å²) in [7, 11) is -9.63. The Morgan fingerprint density at radius 1 is 0.763 bits per heavy atom. The number of hydrogen-bond acceptors (Lipinski definition) is 21. The van der Waals surface area contributed by atoms with E-state index in [4.69, 9.17) is 52.8 Å². The summed E-state index contributed by atoms with van der Waals surface area (Å²) >= 11 is 0. The summed E-state index contributed by atoms with van der Waals surface area (Å²) in [6.07, 6.45) is -2.05. The molecule has 2 aliphatic heterocycles. The predicted octanol–water partition coefficient (Wildman–Crippen LogP) is 4.18. The largest absolute Gasteiger partial charge is 0.478 e. The van der Waals surface area contributed by atoms with Gasteiger partial charge in [0.05, 0.1) is 42.7 Å². The molecule has 4 aromatic rings. The van der Waals surface area contributed by atoms with Gasteiger partial charge in [0.15, 0.2) is 22.9 Å². The number of nitrogen functional groups attached to an aromatic ring is 2. The number of anilines is 2. The van der Waals surface area contributed by atoms with E-state index in [0.29, 0.717) is 5.65 Å². The monoisotopic (exact) mass is 870 g/mol. The molecule has 9 atom stereocenters. The van der Waals surface area contributed by atoms with Crippen LogP contribution in [0.25, 0.3) is 22.3 Å². The topological polar surface area (TPSA) is 291 Å². The van der Waals surface area contributed by atoms with Gasteiger partial charge in [-0.15, -0.1) is 0 Å². The van der Waals surface area contributed by atoms with Crippen LogP contribution >= 0.6 is 15.6 Å². The van der Waals surface area contributed by atoms with Gasteiger partial charge in [-0.1, -0.05) is 0 Å². The maximum absolute atomic E-state index is 16.9. The third kappa shape index (κ3) is 9.10. The summed E-state index contributed by atoms with van der Waals surface area (Å²) < 4.78 is 100. The molecule has 6 heterocycles. The molecule has 59 heavy (non-hydrogen) atoms. The lowest BCUT2D eigenvalue weighted by atomic mass is 9.98. The Labute approximate surface area is 336 Å². The number of halogens is 1. The van der Waals surface area contributed by atoms with Crippen LogP contribution in [0.15, 0.2) is 25.3 Å². The second-order valence-electron chi connectivity index (χ2n) is 16.1. The second kappa shape index (κ2) is 16.3. The number of carbonyl (C=O) groups is 2. The van der Waals surface area contributed by atoms with Crippen molar-refractivity contribution >= 4 is 61.5 Å². The highest BCUT2D eigenvalue weighted by molar-refractivity contribution is 7.48. The van der Waals surface area contributed by atoms with E-state index in [0.717, 1.165) is 0 Å². The molecule has 1 aliphatic carbocycles. The summed E-state index contributed by atoms with van der Waals surface area (Å²) in [5.74, 6) is -2.27. The summed E-state index contributed by atoms with van der Waals surface area (Å²) in [5.41, 5.74) is 11.1. The van der Waals surface area contributed by atoms with E-state index in [2.05, 4.69) is 29.9 Å². The Morgan fingerprint density at radius 3 is 1.86 bits per heavy atom. The molecule has 322 valence electrons. The Hall–Kier alpha value is -4.25. The number of ether oxygens (including phenoxy) is 3. The van der Waals surface area contributed by atoms with Crippen molar-refractivity contribution < 1.29 is 64.5 Å². The highest BCUT2D eigenvalue weighted by Crippen LogP contribution is 2.59. The fourth-order valence-electron chi connectivity index (χ4n) is 6.54. The molecular weight excluding hydrogens is 825 g/mol. The zero-order chi connectivity index (χ0) is 42.5. The lowest BCUT2D eigenvalue weighted by molar-refractivity contribution is -0.161. The first-order valence-electron chi connectivity index (χ1n) is 18.4. The van der Waals surface area contributed by atoms with Crippen LogP contribution in [-0.2, 0) is 60.1 Å². The number of phosphoric ester groups is 2. The van der Waals surface area contributed by atoms with Gasteiger partial charge in [0, 0.05) is 12.3 Å². The molecule has 0 spiro atoms. The van der Waals surface area contributed by atoms with Crippen LogP contribution in [0.4, 0.5) is 16.0 Å². The van der Waals surface area contributed by atoms with Crippen molar-refractivity contribution in [3.05, 3.63) is 25.3 Å². The summed E-state index contributed by atoms with van der Waals surface area (Å²) in [6.45, 7) is 6.69. The van der Waals surface area contributed by atoms with Crippen molar-refractivity contribution in [3.63, 3.8) is 0 Å². The Morgan fingerprint density at radius 2 is 1.29 bits per heavy atom. The maximum Gasteiger partial charge on any atom is 0.478 e. The highest BCUT2D eigenvalue weighted by Gasteiger charge is 2.53. The van der Waals surface area contributed by atoms with Gasteiger partial charge in [-0.25, -0.2) is 52.5 Å². The van der Waals surface area contributed by atoms with Gasteiger partial charge >= 0.3 is 27.6 Å². The first-order valence-corrected chi connectivity index (χ1v) is 21.3. The first-order chi connectivity index (χ1) is 27.8. The van der Waals surface area contributed by atoms with Crippen molar-refractivity contribution in [1.29, 1.82) is 0 Å². The van der Waals surface area contributed by atoms with Crippen LogP contribution in [0.1, 0.15) is 66.7 Å². The minimum Gasteiger partial charge on any atom is -0.437 e. The fourth-order valence-corrected chi connectivity index (χ4v) is 9.14. The molecular formula is C33H45FN10O13P2. The van der Waals surface area contributed by atoms with Gasteiger partial charge in [0.25, 0.3) is 0 Å². The number of alkyl halides is 1. The first kappa shape index (κ1) is 42.9.